The maximum absolute atomic E-state index is 11.8. The number of aryl methyl sites for hydroxylation is 2. The van der Waals surface area contributed by atoms with Crippen LogP contribution in [0.3, 0.4) is 0 Å². The third-order valence-corrected chi connectivity index (χ3v) is 3.65. The average Bonchev–Trinajstić information content (AvgIpc) is 2.44. The Balaban J connectivity index is 2.38. The zero-order valence-electron chi connectivity index (χ0n) is 12.5. The van der Waals surface area contributed by atoms with E-state index in [2.05, 4.69) is 5.32 Å². The van der Waals surface area contributed by atoms with Crippen molar-refractivity contribution in [3.63, 3.8) is 0 Å². The maximum atomic E-state index is 11.8. The van der Waals surface area contributed by atoms with Crippen molar-refractivity contribution in [2.45, 2.75) is 27.2 Å². The lowest BCUT2D eigenvalue weighted by Crippen LogP contribution is -2.12. The minimum atomic E-state index is -0.273. The van der Waals surface area contributed by atoms with Crippen LogP contribution in [0, 0.1) is 20.8 Å². The van der Waals surface area contributed by atoms with Crippen LogP contribution in [0.15, 0.2) is 21.3 Å². The van der Waals surface area contributed by atoms with Gasteiger partial charge in [0.05, 0.1) is 6.61 Å². The summed E-state index contributed by atoms with van der Waals surface area (Å²) in [5.41, 5.74) is 2.88. The molecule has 0 atom stereocenters. The van der Waals surface area contributed by atoms with E-state index >= 15 is 0 Å². The molecule has 0 aliphatic rings. The van der Waals surface area contributed by atoms with Gasteiger partial charge in [-0.05, 0) is 58.5 Å². The Bertz CT molecular complexity index is 673. The van der Waals surface area contributed by atoms with E-state index in [9.17, 15) is 4.79 Å². The summed E-state index contributed by atoms with van der Waals surface area (Å²) in [5.74, 6) is 0.778. The van der Waals surface area contributed by atoms with Crippen molar-refractivity contribution < 1.29 is 9.15 Å². The smallest absolute Gasteiger partial charge is 0.339 e. The topological polar surface area (TPSA) is 51.5 Å². The van der Waals surface area contributed by atoms with E-state index in [0.717, 1.165) is 35.2 Å². The van der Waals surface area contributed by atoms with E-state index in [4.69, 9.17) is 9.15 Å². The van der Waals surface area contributed by atoms with Gasteiger partial charge >= 0.3 is 5.63 Å². The molecule has 0 radical (unpaired) electrons. The molecule has 1 heterocycles. The van der Waals surface area contributed by atoms with Crippen LogP contribution in [-0.4, -0.2) is 20.2 Å². The van der Waals surface area contributed by atoms with Gasteiger partial charge in [0.15, 0.2) is 0 Å². The number of fused-ring (bicyclic) bond motifs is 1. The highest BCUT2D eigenvalue weighted by molar-refractivity contribution is 5.85. The van der Waals surface area contributed by atoms with Crippen LogP contribution in [0.25, 0.3) is 11.0 Å². The van der Waals surface area contributed by atoms with Gasteiger partial charge in [-0.1, -0.05) is 0 Å². The van der Waals surface area contributed by atoms with Gasteiger partial charge in [0.2, 0.25) is 0 Å². The Kier molecular flexibility index (Phi) is 4.45. The first kappa shape index (κ1) is 14.6. The Morgan fingerprint density at radius 1 is 1.15 bits per heavy atom. The van der Waals surface area contributed by atoms with Crippen LogP contribution >= 0.6 is 0 Å². The van der Waals surface area contributed by atoms with Gasteiger partial charge in [-0.15, -0.1) is 0 Å². The highest BCUT2D eigenvalue weighted by atomic mass is 16.5. The standard InChI is InChI=1S/C16H21NO3/c1-10-11(2)16(18)20-15-12(3)14(7-6-13(10)15)19-9-5-8-17-4/h6-7,17H,5,8-9H2,1-4H3. The molecule has 1 N–H and O–H groups in total. The summed E-state index contributed by atoms with van der Waals surface area (Å²) in [5, 5.41) is 4.05. The number of hydrogen-bond donors (Lipinski definition) is 1. The van der Waals surface area contributed by atoms with Crippen molar-refractivity contribution in [1.29, 1.82) is 0 Å². The molecule has 0 aliphatic heterocycles. The van der Waals surface area contributed by atoms with Gasteiger partial charge in [0, 0.05) is 16.5 Å². The quantitative estimate of drug-likeness (QED) is 0.673. The summed E-state index contributed by atoms with van der Waals surface area (Å²) >= 11 is 0. The third-order valence-electron chi connectivity index (χ3n) is 3.65. The maximum Gasteiger partial charge on any atom is 0.339 e. The molecule has 0 aliphatic carbocycles. The molecule has 0 fully saturated rings. The van der Waals surface area contributed by atoms with Gasteiger partial charge < -0.3 is 14.5 Å². The van der Waals surface area contributed by atoms with E-state index < -0.39 is 0 Å². The van der Waals surface area contributed by atoms with Crippen molar-refractivity contribution in [2.75, 3.05) is 20.2 Å². The van der Waals surface area contributed by atoms with Crippen molar-refractivity contribution in [3.05, 3.63) is 39.2 Å². The van der Waals surface area contributed by atoms with Gasteiger partial charge in [-0.2, -0.15) is 0 Å². The molecule has 0 unspecified atom stereocenters. The fraction of sp³-hybridized carbons (Fsp3) is 0.438. The number of hydrogen-bond acceptors (Lipinski definition) is 4. The summed E-state index contributed by atoms with van der Waals surface area (Å²) in [4.78, 5) is 11.8. The molecule has 20 heavy (non-hydrogen) atoms. The van der Waals surface area contributed by atoms with Crippen LogP contribution in [0.2, 0.25) is 0 Å². The first-order valence-electron chi connectivity index (χ1n) is 6.87. The highest BCUT2D eigenvalue weighted by Gasteiger charge is 2.12. The van der Waals surface area contributed by atoms with Crippen LogP contribution in [0.5, 0.6) is 5.75 Å². The third kappa shape index (κ3) is 2.70. The number of nitrogens with one attached hydrogen (secondary N) is 1. The molecule has 0 saturated carbocycles. The molecule has 0 saturated heterocycles. The van der Waals surface area contributed by atoms with Gasteiger partial charge in [-0.25, -0.2) is 4.79 Å². The Morgan fingerprint density at radius 3 is 2.60 bits per heavy atom. The lowest BCUT2D eigenvalue weighted by Gasteiger charge is -2.12. The molecule has 1 aromatic heterocycles. The zero-order chi connectivity index (χ0) is 14.7. The SMILES string of the molecule is CNCCCOc1ccc2c(C)c(C)c(=O)oc2c1C. The Labute approximate surface area is 118 Å². The second-order valence-electron chi connectivity index (χ2n) is 5.01. The van der Waals surface area contributed by atoms with Crippen molar-refractivity contribution in [3.8, 4) is 5.75 Å². The molecule has 4 heteroatoms. The molecule has 0 amide bonds. The summed E-state index contributed by atoms with van der Waals surface area (Å²) in [6, 6.07) is 3.91. The minimum absolute atomic E-state index is 0.273. The first-order valence-corrected chi connectivity index (χ1v) is 6.87. The highest BCUT2D eigenvalue weighted by Crippen LogP contribution is 2.29. The molecule has 2 rings (SSSR count). The predicted octanol–water partition coefficient (Wildman–Crippen LogP) is 2.71. The minimum Gasteiger partial charge on any atom is -0.493 e. The van der Waals surface area contributed by atoms with E-state index in [-0.39, 0.29) is 5.63 Å². The zero-order valence-corrected chi connectivity index (χ0v) is 12.5. The number of benzene rings is 1. The average molecular weight is 275 g/mol. The Morgan fingerprint density at radius 2 is 1.90 bits per heavy atom. The number of ether oxygens (including phenoxy) is 1. The molecule has 4 nitrogen and oxygen atoms in total. The van der Waals surface area contributed by atoms with E-state index in [0.29, 0.717) is 17.8 Å². The fourth-order valence-corrected chi connectivity index (χ4v) is 2.21. The predicted molar refractivity (Wildman–Crippen MR) is 80.7 cm³/mol. The van der Waals surface area contributed by atoms with Crippen molar-refractivity contribution >= 4 is 11.0 Å². The molecule has 0 bridgehead atoms. The van der Waals surface area contributed by atoms with Crippen LogP contribution < -0.4 is 15.7 Å². The summed E-state index contributed by atoms with van der Waals surface area (Å²) in [7, 11) is 1.92. The van der Waals surface area contributed by atoms with E-state index in [1.54, 1.807) is 6.92 Å². The molecule has 108 valence electrons. The summed E-state index contributed by atoms with van der Waals surface area (Å²) < 4.78 is 11.2. The largest absolute Gasteiger partial charge is 0.493 e. The van der Waals surface area contributed by atoms with Crippen molar-refractivity contribution in [2.24, 2.45) is 0 Å². The Hall–Kier alpha value is -1.81. The van der Waals surface area contributed by atoms with Crippen LogP contribution in [0.1, 0.15) is 23.1 Å². The molecule has 0 spiro atoms. The summed E-state index contributed by atoms with van der Waals surface area (Å²) in [6.45, 7) is 7.22. The lowest BCUT2D eigenvalue weighted by atomic mass is 10.0. The summed E-state index contributed by atoms with van der Waals surface area (Å²) in [6.07, 6.45) is 0.935. The van der Waals surface area contributed by atoms with Gasteiger partial charge in [-0.3, -0.25) is 0 Å². The molecule has 2 aromatic rings. The van der Waals surface area contributed by atoms with Gasteiger partial charge in [0.25, 0.3) is 0 Å². The second kappa shape index (κ2) is 6.09. The monoisotopic (exact) mass is 275 g/mol. The van der Waals surface area contributed by atoms with Crippen molar-refractivity contribution in [1.82, 2.24) is 5.32 Å². The van der Waals surface area contributed by atoms with E-state index in [1.807, 2.05) is 33.0 Å². The second-order valence-corrected chi connectivity index (χ2v) is 5.01. The van der Waals surface area contributed by atoms with Crippen LogP contribution in [-0.2, 0) is 0 Å². The fourth-order valence-electron chi connectivity index (χ4n) is 2.21. The first-order chi connectivity index (χ1) is 9.56. The molecular formula is C16H21NO3. The lowest BCUT2D eigenvalue weighted by molar-refractivity contribution is 0.307. The van der Waals surface area contributed by atoms with Gasteiger partial charge in [0.1, 0.15) is 11.3 Å². The van der Waals surface area contributed by atoms with Crippen LogP contribution in [0.4, 0.5) is 0 Å². The molecule has 1 aromatic carbocycles. The number of rotatable bonds is 5. The molecular weight excluding hydrogens is 254 g/mol. The van der Waals surface area contributed by atoms with E-state index in [1.165, 1.54) is 0 Å². The normalized spacial score (nSPS) is 11.0.